The Morgan fingerprint density at radius 3 is 1.23 bits per heavy atom. The molecular weight excluding hydrogens is 716 g/mol. The van der Waals surface area contributed by atoms with E-state index in [0.29, 0.717) is 0 Å². The smallest absolute Gasteiger partial charge is 0.0840 e. The summed E-state index contributed by atoms with van der Waals surface area (Å²) in [5.74, 6) is 0.139. The second-order valence-corrected chi connectivity index (χ2v) is 17.0. The van der Waals surface area contributed by atoms with Crippen LogP contribution >= 0.6 is 46.4 Å². The minimum absolute atomic E-state index is 0.0307. The average molecular weight is 764 g/mol. The molecule has 0 aromatic heterocycles. The van der Waals surface area contributed by atoms with Gasteiger partial charge in [-0.2, -0.15) is 0 Å². The third-order valence-electron chi connectivity index (χ3n) is 11.9. The van der Waals surface area contributed by atoms with Gasteiger partial charge in [0.2, 0.25) is 13.4 Å². The second kappa shape index (κ2) is 14.8. The molecule has 266 valence electrons. The molecule has 1 unspecified atom stereocenters. The number of hydrogen-bond acceptors (Lipinski definition) is 0. The molecule has 0 saturated carbocycles. The van der Waals surface area contributed by atoms with Crippen LogP contribution < -0.4 is 27.3 Å². The van der Waals surface area contributed by atoms with Gasteiger partial charge in [0, 0.05) is 20.1 Å². The molecule has 0 saturated heterocycles. The van der Waals surface area contributed by atoms with Gasteiger partial charge >= 0.3 is 0 Å². The SMILES string of the molecule is Cc1cc(C)c(B(c2ccc3c(c2)C(B(c2c(C)cc(C)c(Cl)c2C)c2c(C)cc(C)c(Cl)c2C)CC=C3)c2c(C)cc(C)c(Cl)c2C)c(C)c1Cl. The van der Waals surface area contributed by atoms with E-state index in [1.54, 1.807) is 0 Å². The molecule has 0 fully saturated rings. The monoisotopic (exact) mass is 762 g/mol. The summed E-state index contributed by atoms with van der Waals surface area (Å²) in [6.07, 6.45) is 5.54. The highest BCUT2D eigenvalue weighted by Gasteiger charge is 2.39. The summed E-state index contributed by atoms with van der Waals surface area (Å²) in [6, 6.07) is 16.1. The minimum atomic E-state index is -0.0684. The van der Waals surface area contributed by atoms with Gasteiger partial charge in [0.25, 0.3) is 0 Å². The highest BCUT2D eigenvalue weighted by Crippen LogP contribution is 2.35. The normalized spacial score (nSPS) is 13.8. The Labute approximate surface area is 333 Å². The summed E-state index contributed by atoms with van der Waals surface area (Å²) in [5.41, 5.74) is 22.8. The molecule has 5 aromatic rings. The van der Waals surface area contributed by atoms with Crippen LogP contribution in [0.4, 0.5) is 0 Å². The third-order valence-corrected chi connectivity index (χ3v) is 14.2. The molecule has 52 heavy (non-hydrogen) atoms. The zero-order valence-corrected chi connectivity index (χ0v) is 35.7. The molecule has 6 rings (SSSR count). The van der Waals surface area contributed by atoms with Crippen molar-refractivity contribution in [2.24, 2.45) is 0 Å². The van der Waals surface area contributed by atoms with Crippen molar-refractivity contribution in [1.29, 1.82) is 0 Å². The van der Waals surface area contributed by atoms with Gasteiger partial charge in [-0.05, 0) is 151 Å². The van der Waals surface area contributed by atoms with Crippen molar-refractivity contribution in [2.75, 3.05) is 0 Å². The maximum Gasteiger partial charge on any atom is 0.242 e. The summed E-state index contributed by atoms with van der Waals surface area (Å²) in [7, 11) is 0. The maximum absolute atomic E-state index is 7.11. The van der Waals surface area contributed by atoms with Crippen LogP contribution in [-0.4, -0.2) is 13.4 Å². The Bertz CT molecular complexity index is 2190. The molecule has 0 heterocycles. The fourth-order valence-electron chi connectivity index (χ4n) is 9.60. The number of aryl methyl sites for hydroxylation is 8. The van der Waals surface area contributed by atoms with Crippen LogP contribution in [0.15, 0.2) is 48.5 Å². The zero-order valence-electron chi connectivity index (χ0n) is 32.6. The van der Waals surface area contributed by atoms with Gasteiger partial charge < -0.3 is 0 Å². The Morgan fingerprint density at radius 2 is 0.827 bits per heavy atom. The van der Waals surface area contributed by atoms with E-state index in [1.165, 1.54) is 60.7 Å². The van der Waals surface area contributed by atoms with Crippen molar-refractivity contribution < 1.29 is 0 Å². The molecule has 6 heteroatoms. The fourth-order valence-corrected chi connectivity index (χ4v) is 10.2. The summed E-state index contributed by atoms with van der Waals surface area (Å²) in [4.78, 5) is 0. The van der Waals surface area contributed by atoms with Crippen LogP contribution in [0.5, 0.6) is 0 Å². The second-order valence-electron chi connectivity index (χ2n) is 15.5. The lowest BCUT2D eigenvalue weighted by Gasteiger charge is -2.34. The lowest BCUT2D eigenvalue weighted by atomic mass is 9.29. The van der Waals surface area contributed by atoms with E-state index < -0.39 is 0 Å². The summed E-state index contributed by atoms with van der Waals surface area (Å²) in [5, 5.41) is 3.32. The van der Waals surface area contributed by atoms with Crippen molar-refractivity contribution in [3.63, 3.8) is 0 Å². The summed E-state index contributed by atoms with van der Waals surface area (Å²) < 4.78 is 0. The van der Waals surface area contributed by atoms with E-state index in [2.05, 4.69) is 138 Å². The summed E-state index contributed by atoms with van der Waals surface area (Å²) >= 11 is 28.4. The van der Waals surface area contributed by atoms with E-state index >= 15 is 0 Å². The number of rotatable bonds is 6. The number of hydrogen-bond donors (Lipinski definition) is 0. The lowest BCUT2D eigenvalue weighted by molar-refractivity contribution is 0.923. The first-order chi connectivity index (χ1) is 24.5. The van der Waals surface area contributed by atoms with Gasteiger partial charge in [0.15, 0.2) is 0 Å². The van der Waals surface area contributed by atoms with Gasteiger partial charge in [-0.1, -0.05) is 151 Å². The number of benzene rings is 5. The Balaban J connectivity index is 1.69. The minimum Gasteiger partial charge on any atom is -0.0840 e. The number of fused-ring (bicyclic) bond motifs is 1. The van der Waals surface area contributed by atoms with E-state index in [-0.39, 0.29) is 19.2 Å². The van der Waals surface area contributed by atoms with Gasteiger partial charge in [-0.15, -0.1) is 0 Å². The molecule has 0 radical (unpaired) electrons. The first-order valence-corrected chi connectivity index (χ1v) is 19.8. The predicted molar refractivity (Wildman–Crippen MR) is 235 cm³/mol. The molecule has 0 aliphatic heterocycles. The topological polar surface area (TPSA) is 0 Å². The van der Waals surface area contributed by atoms with Crippen LogP contribution in [0.25, 0.3) is 6.08 Å². The van der Waals surface area contributed by atoms with Gasteiger partial charge in [0.1, 0.15) is 0 Å². The Morgan fingerprint density at radius 1 is 0.462 bits per heavy atom. The average Bonchev–Trinajstić information content (AvgIpc) is 3.09. The Kier molecular flexibility index (Phi) is 11.0. The third kappa shape index (κ3) is 6.51. The van der Waals surface area contributed by atoms with Crippen molar-refractivity contribution in [3.8, 4) is 0 Å². The molecule has 0 spiro atoms. The lowest BCUT2D eigenvalue weighted by Crippen LogP contribution is -2.56. The predicted octanol–water partition coefficient (Wildman–Crippen LogP) is 10.9. The first-order valence-electron chi connectivity index (χ1n) is 18.3. The van der Waals surface area contributed by atoms with Crippen molar-refractivity contribution in [1.82, 2.24) is 0 Å². The highest BCUT2D eigenvalue weighted by atomic mass is 35.5. The largest absolute Gasteiger partial charge is 0.242 e. The van der Waals surface area contributed by atoms with Crippen LogP contribution in [-0.2, 0) is 0 Å². The Hall–Kier alpha value is -2.87. The number of allylic oxidation sites excluding steroid dienone is 1. The van der Waals surface area contributed by atoms with Crippen molar-refractivity contribution in [2.45, 2.75) is 95.3 Å². The molecule has 1 aliphatic rings. The standard InChI is InChI=1S/C46H48B2Cl4/c1-23-18-27(5)43(49)31(9)39(23)47(40-24(2)19-28(6)44(50)32(40)10)36-17-16-35-14-13-15-38(37(35)22-36)48(41-25(3)20-29(7)45(51)33(41)11)42-26(4)21-30(8)46(52)34(42)12/h13-14,16-22,38H,15H2,1-12H3. The fraction of sp³-hybridized carbons (Fsp3) is 0.304. The first kappa shape index (κ1) is 38.8. The zero-order chi connectivity index (χ0) is 38.1. The molecule has 5 aromatic carbocycles. The van der Waals surface area contributed by atoms with Crippen LogP contribution in [0.1, 0.15) is 90.1 Å². The summed E-state index contributed by atoms with van der Waals surface area (Å²) in [6.45, 7) is 26.0. The van der Waals surface area contributed by atoms with E-state index in [9.17, 15) is 0 Å². The quantitative estimate of drug-likeness (QED) is 0.151. The van der Waals surface area contributed by atoms with Gasteiger partial charge in [-0.3, -0.25) is 0 Å². The number of halogens is 4. The molecule has 1 aliphatic carbocycles. The molecular formula is C46H48B2Cl4. The highest BCUT2D eigenvalue weighted by molar-refractivity contribution is 6.97. The molecule has 1 atom stereocenters. The van der Waals surface area contributed by atoms with Gasteiger partial charge in [0.05, 0.1) is 0 Å². The van der Waals surface area contributed by atoms with Crippen molar-refractivity contribution in [3.05, 3.63) is 147 Å². The van der Waals surface area contributed by atoms with Crippen LogP contribution in [0.2, 0.25) is 20.1 Å². The van der Waals surface area contributed by atoms with E-state index in [0.717, 1.165) is 71.0 Å². The van der Waals surface area contributed by atoms with E-state index in [4.69, 9.17) is 46.4 Å². The van der Waals surface area contributed by atoms with Crippen molar-refractivity contribution >= 4 is 93.2 Å². The van der Waals surface area contributed by atoms with Gasteiger partial charge in [-0.25, -0.2) is 0 Å². The van der Waals surface area contributed by atoms with Crippen LogP contribution in [0, 0.1) is 83.1 Å². The van der Waals surface area contributed by atoms with Crippen LogP contribution in [0.3, 0.4) is 0 Å². The molecule has 0 nitrogen and oxygen atoms in total. The van der Waals surface area contributed by atoms with E-state index in [1.807, 2.05) is 0 Å². The maximum atomic E-state index is 7.11. The molecule has 0 bridgehead atoms. The molecule has 0 N–H and O–H groups in total. The molecule has 0 amide bonds.